The standard InChI is InChI=1S/C29H23O2S/c30-29(27-18-16-26(17-19-27)22-25-12-6-2-7-13-25)23-32(31,28-14-8-3-9-15-28)21-20-24-10-4-1-5-11-24/h1-19H,22-23H2/q+1. The van der Waals surface area contributed by atoms with E-state index < -0.39 is 9.93 Å². The second kappa shape index (κ2) is 10.0. The quantitative estimate of drug-likeness (QED) is 0.211. The molecule has 0 aromatic heterocycles. The molecule has 0 saturated carbocycles. The Labute approximate surface area is 190 Å². The molecule has 0 amide bonds. The number of rotatable bonds is 6. The van der Waals surface area contributed by atoms with Crippen LogP contribution in [-0.2, 0) is 20.6 Å². The third kappa shape index (κ3) is 5.49. The maximum Gasteiger partial charge on any atom is 0.213 e. The van der Waals surface area contributed by atoms with Crippen molar-refractivity contribution in [1.29, 1.82) is 0 Å². The summed E-state index contributed by atoms with van der Waals surface area (Å²) in [4.78, 5) is 13.6. The van der Waals surface area contributed by atoms with Crippen molar-refractivity contribution in [3.05, 3.63) is 138 Å². The van der Waals surface area contributed by atoms with Gasteiger partial charge in [-0.05, 0) is 47.7 Å². The van der Waals surface area contributed by atoms with Gasteiger partial charge in [0.05, 0.1) is 0 Å². The van der Waals surface area contributed by atoms with Crippen molar-refractivity contribution in [3.8, 4) is 11.2 Å². The Bertz CT molecular complexity index is 1280. The van der Waals surface area contributed by atoms with Crippen molar-refractivity contribution in [2.45, 2.75) is 11.3 Å². The molecule has 0 saturated heterocycles. The van der Waals surface area contributed by atoms with Crippen molar-refractivity contribution >= 4 is 15.7 Å². The van der Waals surface area contributed by atoms with E-state index >= 15 is 0 Å². The minimum Gasteiger partial charge on any atom is -0.289 e. The summed E-state index contributed by atoms with van der Waals surface area (Å²) in [5, 5.41) is 2.93. The van der Waals surface area contributed by atoms with E-state index in [9.17, 15) is 9.00 Å². The number of hydrogen-bond donors (Lipinski definition) is 0. The van der Waals surface area contributed by atoms with Crippen LogP contribution in [-0.4, -0.2) is 11.5 Å². The third-order valence-corrected chi connectivity index (χ3v) is 7.25. The zero-order chi connectivity index (χ0) is 22.2. The van der Waals surface area contributed by atoms with Gasteiger partial charge in [0, 0.05) is 11.1 Å². The molecule has 2 nitrogen and oxygen atoms in total. The maximum atomic E-state index is 13.9. The van der Waals surface area contributed by atoms with Gasteiger partial charge in [-0.25, -0.2) is 0 Å². The molecular formula is C29H23O2S+. The van der Waals surface area contributed by atoms with Crippen LogP contribution in [0.25, 0.3) is 0 Å². The number of ketones is 1. The SMILES string of the molecule is O=C(C[S+](=O)(C#Cc1ccccc1)c1ccccc1)c1ccc(Cc2ccccc2)cc1. The van der Waals surface area contributed by atoms with Crippen molar-refractivity contribution < 1.29 is 9.00 Å². The number of Topliss-reactive ketones (excluding diaryl/α,β-unsaturated/α-hetero) is 1. The molecule has 156 valence electrons. The van der Waals surface area contributed by atoms with E-state index in [-0.39, 0.29) is 11.5 Å². The second-order valence-electron chi connectivity index (χ2n) is 7.51. The Balaban J connectivity index is 1.56. The highest BCUT2D eigenvalue weighted by molar-refractivity contribution is 8.07. The van der Waals surface area contributed by atoms with Crippen LogP contribution in [0.15, 0.2) is 120 Å². The molecule has 4 rings (SSSR count). The highest BCUT2D eigenvalue weighted by Crippen LogP contribution is 2.21. The largest absolute Gasteiger partial charge is 0.289 e. The maximum absolute atomic E-state index is 13.9. The lowest BCUT2D eigenvalue weighted by Gasteiger charge is -2.06. The molecule has 0 aliphatic heterocycles. The van der Waals surface area contributed by atoms with Crippen LogP contribution < -0.4 is 0 Å². The molecule has 4 aromatic rings. The Morgan fingerprint density at radius 1 is 0.656 bits per heavy atom. The number of hydrogen-bond acceptors (Lipinski definition) is 2. The van der Waals surface area contributed by atoms with Gasteiger partial charge in [0.25, 0.3) is 0 Å². The van der Waals surface area contributed by atoms with Gasteiger partial charge in [0.1, 0.15) is 0 Å². The zero-order valence-electron chi connectivity index (χ0n) is 17.6. The average molecular weight is 436 g/mol. The lowest BCUT2D eigenvalue weighted by atomic mass is 10.0. The fraction of sp³-hybridized carbons (Fsp3) is 0.0690. The highest BCUT2D eigenvalue weighted by atomic mass is 32.2. The van der Waals surface area contributed by atoms with Gasteiger partial charge in [0.15, 0.2) is 15.9 Å². The first-order valence-corrected chi connectivity index (χ1v) is 12.2. The Kier molecular flexibility index (Phi) is 6.75. The molecule has 0 radical (unpaired) electrons. The summed E-state index contributed by atoms with van der Waals surface area (Å²) in [6.45, 7) is 0. The van der Waals surface area contributed by atoms with Crippen molar-refractivity contribution in [2.75, 3.05) is 5.75 Å². The molecule has 0 aliphatic rings. The first-order valence-electron chi connectivity index (χ1n) is 10.4. The summed E-state index contributed by atoms with van der Waals surface area (Å²) in [5.41, 5.74) is 3.66. The minimum atomic E-state index is -2.88. The molecule has 0 heterocycles. The molecule has 0 bridgehead atoms. The number of carbonyl (C=O) groups is 1. The molecule has 0 N–H and O–H groups in total. The summed E-state index contributed by atoms with van der Waals surface area (Å²) in [6.07, 6.45) is 0.804. The molecule has 0 aliphatic carbocycles. The highest BCUT2D eigenvalue weighted by Gasteiger charge is 2.33. The van der Waals surface area contributed by atoms with Gasteiger partial charge >= 0.3 is 0 Å². The van der Waals surface area contributed by atoms with Gasteiger partial charge in [0.2, 0.25) is 15.7 Å². The van der Waals surface area contributed by atoms with Crippen LogP contribution in [0.2, 0.25) is 0 Å². The van der Waals surface area contributed by atoms with Crippen LogP contribution in [0.3, 0.4) is 0 Å². The lowest BCUT2D eigenvalue weighted by molar-refractivity contribution is 0.102. The molecule has 0 fully saturated rings. The Morgan fingerprint density at radius 2 is 1.19 bits per heavy atom. The normalized spacial score (nSPS) is 12.2. The van der Waals surface area contributed by atoms with E-state index in [0.717, 1.165) is 17.5 Å². The monoisotopic (exact) mass is 435 g/mol. The van der Waals surface area contributed by atoms with Crippen LogP contribution >= 0.6 is 0 Å². The van der Waals surface area contributed by atoms with Gasteiger partial charge < -0.3 is 0 Å². The average Bonchev–Trinajstić information content (AvgIpc) is 2.85. The van der Waals surface area contributed by atoms with Crippen LogP contribution in [0.5, 0.6) is 0 Å². The Morgan fingerprint density at radius 3 is 1.81 bits per heavy atom. The molecule has 1 unspecified atom stereocenters. The molecule has 32 heavy (non-hydrogen) atoms. The number of benzene rings is 4. The molecule has 3 heteroatoms. The van der Waals surface area contributed by atoms with E-state index in [1.165, 1.54) is 5.56 Å². The molecule has 0 spiro atoms. The van der Waals surface area contributed by atoms with Crippen molar-refractivity contribution in [3.63, 3.8) is 0 Å². The summed E-state index contributed by atoms with van der Waals surface area (Å²) in [6, 6.07) is 36.2. The predicted octanol–water partition coefficient (Wildman–Crippen LogP) is 6.03. The van der Waals surface area contributed by atoms with Crippen LogP contribution in [0.4, 0.5) is 0 Å². The van der Waals surface area contributed by atoms with Crippen molar-refractivity contribution in [1.82, 2.24) is 0 Å². The first-order chi connectivity index (χ1) is 15.6. The number of carbonyl (C=O) groups excluding carboxylic acids is 1. The third-order valence-electron chi connectivity index (χ3n) is 5.12. The molecule has 1 atom stereocenters. The zero-order valence-corrected chi connectivity index (χ0v) is 18.4. The Hall–Kier alpha value is -3.74. The molecular weight excluding hydrogens is 412 g/mol. The van der Waals surface area contributed by atoms with E-state index in [1.807, 2.05) is 91.0 Å². The minimum absolute atomic E-state index is 0.144. The van der Waals surface area contributed by atoms with Gasteiger partial charge in [-0.2, -0.15) is 0 Å². The summed E-state index contributed by atoms with van der Waals surface area (Å²) in [7, 11) is -2.88. The fourth-order valence-electron chi connectivity index (χ4n) is 3.39. The predicted molar refractivity (Wildman–Crippen MR) is 131 cm³/mol. The fourth-order valence-corrected chi connectivity index (χ4v) is 5.16. The van der Waals surface area contributed by atoms with E-state index in [1.54, 1.807) is 12.1 Å². The van der Waals surface area contributed by atoms with Gasteiger partial charge in [-0.1, -0.05) is 95.2 Å². The second-order valence-corrected chi connectivity index (χ2v) is 9.82. The van der Waals surface area contributed by atoms with E-state index in [0.29, 0.717) is 10.5 Å². The van der Waals surface area contributed by atoms with Gasteiger partial charge in [-0.15, -0.1) is 0 Å². The molecule has 4 aromatic carbocycles. The van der Waals surface area contributed by atoms with Gasteiger partial charge in [-0.3, -0.25) is 4.79 Å². The van der Waals surface area contributed by atoms with Crippen LogP contribution in [0, 0.1) is 11.2 Å². The van der Waals surface area contributed by atoms with Crippen molar-refractivity contribution in [2.24, 2.45) is 0 Å². The summed E-state index contributed by atoms with van der Waals surface area (Å²) >= 11 is 0. The summed E-state index contributed by atoms with van der Waals surface area (Å²) in [5.74, 6) is 2.68. The first kappa shape index (κ1) is 21.5. The van der Waals surface area contributed by atoms with Crippen LogP contribution in [0.1, 0.15) is 27.0 Å². The smallest absolute Gasteiger partial charge is 0.213 e. The van der Waals surface area contributed by atoms with E-state index in [2.05, 4.69) is 23.3 Å². The van der Waals surface area contributed by atoms with E-state index in [4.69, 9.17) is 0 Å². The lowest BCUT2D eigenvalue weighted by Crippen LogP contribution is -2.21. The summed E-state index contributed by atoms with van der Waals surface area (Å²) < 4.78 is 13.9. The topological polar surface area (TPSA) is 34.1 Å².